The van der Waals surface area contributed by atoms with E-state index < -0.39 is 5.97 Å². The Labute approximate surface area is 104 Å². The van der Waals surface area contributed by atoms with Gasteiger partial charge in [0.25, 0.3) is 0 Å². The minimum absolute atomic E-state index is 0.0398. The number of furan rings is 1. The lowest BCUT2D eigenvalue weighted by Gasteiger charge is -2.15. The van der Waals surface area contributed by atoms with Gasteiger partial charge in [-0.3, -0.25) is 0 Å². The normalized spacial score (nSPS) is 18.9. The molecule has 18 heavy (non-hydrogen) atoms. The van der Waals surface area contributed by atoms with Gasteiger partial charge in [-0.2, -0.15) is 0 Å². The zero-order chi connectivity index (χ0) is 13.1. The molecule has 1 atom stereocenters. The van der Waals surface area contributed by atoms with Crippen LogP contribution in [0.4, 0.5) is 4.79 Å². The second-order valence-corrected chi connectivity index (χ2v) is 4.22. The molecule has 4 N–H and O–H groups in total. The maximum atomic E-state index is 11.7. The minimum atomic E-state index is -1.13. The van der Waals surface area contributed by atoms with Crippen molar-refractivity contribution in [2.24, 2.45) is 5.73 Å². The van der Waals surface area contributed by atoms with Gasteiger partial charge in [-0.15, -0.1) is 0 Å². The fraction of sp³-hybridized carbons (Fsp3) is 0.455. The number of rotatable bonds is 3. The molecule has 1 aliphatic rings. The summed E-state index contributed by atoms with van der Waals surface area (Å²) in [7, 11) is 0. The first kappa shape index (κ1) is 12.4. The number of carbonyl (C=O) groups is 2. The highest BCUT2D eigenvalue weighted by molar-refractivity contribution is 5.84. The maximum absolute atomic E-state index is 11.7. The van der Waals surface area contributed by atoms with Crippen molar-refractivity contribution in [3.63, 3.8) is 0 Å². The van der Waals surface area contributed by atoms with Gasteiger partial charge >= 0.3 is 12.0 Å². The molecular formula is C11H15N3O4. The van der Waals surface area contributed by atoms with Crippen molar-refractivity contribution < 1.29 is 19.1 Å². The first-order valence-electron chi connectivity index (χ1n) is 5.66. The Kier molecular flexibility index (Phi) is 3.52. The highest BCUT2D eigenvalue weighted by Gasteiger charge is 2.23. The van der Waals surface area contributed by atoms with Crippen molar-refractivity contribution in [3.05, 3.63) is 23.7 Å². The smallest absolute Gasteiger partial charge is 0.371 e. The second kappa shape index (κ2) is 5.09. The van der Waals surface area contributed by atoms with E-state index in [1.54, 1.807) is 4.90 Å². The molecule has 0 aliphatic carbocycles. The first-order chi connectivity index (χ1) is 8.56. The average Bonchev–Trinajstić information content (AvgIpc) is 2.94. The Morgan fingerprint density at radius 2 is 2.33 bits per heavy atom. The molecule has 0 bridgehead atoms. The van der Waals surface area contributed by atoms with Gasteiger partial charge in [-0.25, -0.2) is 9.59 Å². The molecule has 0 radical (unpaired) electrons. The largest absolute Gasteiger partial charge is 0.475 e. The summed E-state index contributed by atoms with van der Waals surface area (Å²) in [6.07, 6.45) is 0.803. The number of nitrogens with zero attached hydrogens (tertiary/aromatic N) is 1. The summed E-state index contributed by atoms with van der Waals surface area (Å²) in [4.78, 5) is 23.9. The van der Waals surface area contributed by atoms with Crippen LogP contribution in [0.2, 0.25) is 0 Å². The average molecular weight is 253 g/mol. The van der Waals surface area contributed by atoms with E-state index in [0.29, 0.717) is 18.8 Å². The number of hydrogen-bond acceptors (Lipinski definition) is 4. The molecule has 2 rings (SSSR count). The summed E-state index contributed by atoms with van der Waals surface area (Å²) in [5, 5.41) is 11.3. The van der Waals surface area contributed by atoms with Crippen LogP contribution in [0.15, 0.2) is 16.5 Å². The van der Waals surface area contributed by atoms with Gasteiger partial charge in [0.05, 0.1) is 6.54 Å². The van der Waals surface area contributed by atoms with Crippen molar-refractivity contribution in [1.82, 2.24) is 10.2 Å². The van der Waals surface area contributed by atoms with Gasteiger partial charge in [0.15, 0.2) is 0 Å². The molecule has 2 amide bonds. The Hall–Kier alpha value is -2.02. The Morgan fingerprint density at radius 1 is 1.56 bits per heavy atom. The van der Waals surface area contributed by atoms with Crippen molar-refractivity contribution in [2.75, 3.05) is 13.1 Å². The third-order valence-electron chi connectivity index (χ3n) is 2.80. The van der Waals surface area contributed by atoms with E-state index in [-0.39, 0.29) is 24.4 Å². The van der Waals surface area contributed by atoms with Crippen LogP contribution >= 0.6 is 0 Å². The van der Waals surface area contributed by atoms with Crippen LogP contribution in [0.25, 0.3) is 0 Å². The van der Waals surface area contributed by atoms with Crippen molar-refractivity contribution >= 4 is 12.0 Å². The van der Waals surface area contributed by atoms with E-state index in [9.17, 15) is 9.59 Å². The molecule has 1 saturated heterocycles. The van der Waals surface area contributed by atoms with Crippen molar-refractivity contribution in [1.29, 1.82) is 0 Å². The van der Waals surface area contributed by atoms with Gasteiger partial charge in [0.2, 0.25) is 5.76 Å². The summed E-state index contributed by atoms with van der Waals surface area (Å²) in [6, 6.07) is 2.71. The fourth-order valence-corrected chi connectivity index (χ4v) is 1.83. The van der Waals surface area contributed by atoms with Crippen LogP contribution in [-0.4, -0.2) is 41.1 Å². The van der Waals surface area contributed by atoms with Crippen LogP contribution in [0, 0.1) is 0 Å². The van der Waals surface area contributed by atoms with Crippen molar-refractivity contribution in [2.45, 2.75) is 19.0 Å². The summed E-state index contributed by atoms with van der Waals surface area (Å²) in [6.45, 7) is 1.35. The number of nitrogens with one attached hydrogen (secondary N) is 1. The number of amides is 2. The molecule has 1 aromatic heterocycles. The molecule has 0 saturated carbocycles. The van der Waals surface area contributed by atoms with Crippen LogP contribution in [0.5, 0.6) is 0 Å². The zero-order valence-electron chi connectivity index (χ0n) is 9.76. The summed E-state index contributed by atoms with van der Waals surface area (Å²) in [5.41, 5.74) is 5.70. The molecular weight excluding hydrogens is 238 g/mol. The lowest BCUT2D eigenvalue weighted by atomic mass is 10.3. The minimum Gasteiger partial charge on any atom is -0.475 e. The molecule has 1 aliphatic heterocycles. The number of hydrogen-bond donors (Lipinski definition) is 3. The SMILES string of the molecule is NC1CCN(C(=O)NCc2ccc(C(=O)O)o2)C1. The number of nitrogens with two attached hydrogens (primary N) is 1. The molecule has 1 aromatic rings. The molecule has 2 heterocycles. The number of likely N-dealkylation sites (tertiary alicyclic amines) is 1. The van der Waals surface area contributed by atoms with E-state index in [1.165, 1.54) is 12.1 Å². The van der Waals surface area contributed by atoms with Crippen molar-refractivity contribution in [3.8, 4) is 0 Å². The predicted octanol–water partition coefficient (Wildman–Crippen LogP) is 0.220. The Balaban J connectivity index is 1.83. The third kappa shape index (κ3) is 2.80. The summed E-state index contributed by atoms with van der Waals surface area (Å²) in [5.74, 6) is -0.857. The van der Waals surface area contributed by atoms with Crippen LogP contribution in [0.3, 0.4) is 0 Å². The van der Waals surface area contributed by atoms with E-state index in [0.717, 1.165) is 6.42 Å². The van der Waals surface area contributed by atoms with Gasteiger partial charge in [0, 0.05) is 19.1 Å². The lowest BCUT2D eigenvalue weighted by molar-refractivity contribution is 0.0660. The number of carboxylic acid groups (broad SMARTS) is 1. The first-order valence-corrected chi connectivity index (χ1v) is 5.66. The quantitative estimate of drug-likeness (QED) is 0.714. The molecule has 1 fully saturated rings. The van der Waals surface area contributed by atoms with Crippen LogP contribution in [-0.2, 0) is 6.54 Å². The Bertz CT molecular complexity index is 457. The standard InChI is InChI=1S/C11H15N3O4/c12-7-3-4-14(6-7)11(17)13-5-8-1-2-9(18-8)10(15)16/h1-2,7H,3-6,12H2,(H,13,17)(H,15,16). The van der Waals surface area contributed by atoms with E-state index in [4.69, 9.17) is 15.3 Å². The molecule has 0 aromatic carbocycles. The monoisotopic (exact) mass is 253 g/mol. The van der Waals surface area contributed by atoms with Gasteiger partial charge < -0.3 is 25.5 Å². The summed E-state index contributed by atoms with van der Waals surface area (Å²) < 4.78 is 5.02. The number of carboxylic acids is 1. The lowest BCUT2D eigenvalue weighted by Crippen LogP contribution is -2.39. The van der Waals surface area contributed by atoms with E-state index in [1.807, 2.05) is 0 Å². The molecule has 98 valence electrons. The second-order valence-electron chi connectivity index (χ2n) is 4.22. The highest BCUT2D eigenvalue weighted by atomic mass is 16.4. The van der Waals surface area contributed by atoms with E-state index >= 15 is 0 Å². The number of aromatic carboxylic acids is 1. The van der Waals surface area contributed by atoms with Gasteiger partial charge in [0.1, 0.15) is 5.76 Å². The molecule has 7 nitrogen and oxygen atoms in total. The highest BCUT2D eigenvalue weighted by Crippen LogP contribution is 2.09. The number of carbonyl (C=O) groups excluding carboxylic acids is 1. The number of urea groups is 1. The summed E-state index contributed by atoms with van der Waals surface area (Å²) >= 11 is 0. The van der Waals surface area contributed by atoms with Gasteiger partial charge in [-0.05, 0) is 18.6 Å². The topological polar surface area (TPSA) is 109 Å². The fourth-order valence-electron chi connectivity index (χ4n) is 1.83. The van der Waals surface area contributed by atoms with Gasteiger partial charge in [-0.1, -0.05) is 0 Å². The van der Waals surface area contributed by atoms with Crippen LogP contribution < -0.4 is 11.1 Å². The molecule has 0 spiro atoms. The third-order valence-corrected chi connectivity index (χ3v) is 2.80. The predicted molar refractivity (Wildman–Crippen MR) is 62.1 cm³/mol. The van der Waals surface area contributed by atoms with E-state index in [2.05, 4.69) is 5.32 Å². The zero-order valence-corrected chi connectivity index (χ0v) is 9.76. The maximum Gasteiger partial charge on any atom is 0.371 e. The Morgan fingerprint density at radius 3 is 2.89 bits per heavy atom. The van der Waals surface area contributed by atoms with Crippen LogP contribution in [0.1, 0.15) is 22.7 Å². The molecule has 7 heteroatoms. The molecule has 1 unspecified atom stereocenters.